The number of hydrogen-bond donors (Lipinski definition) is 0. The fourth-order valence-corrected chi connectivity index (χ4v) is 2.62. The summed E-state index contributed by atoms with van der Waals surface area (Å²) < 4.78 is 5.24. The maximum Gasteiger partial charge on any atom is 0.404 e. The van der Waals surface area contributed by atoms with E-state index >= 15 is 0 Å². The van der Waals surface area contributed by atoms with Crippen molar-refractivity contribution >= 4 is 32.2 Å². The van der Waals surface area contributed by atoms with E-state index < -0.39 is 0 Å². The summed E-state index contributed by atoms with van der Waals surface area (Å²) in [5.41, 5.74) is 0. The molecule has 1 unspecified atom stereocenters. The van der Waals surface area contributed by atoms with Crippen LogP contribution in [0.15, 0.2) is 0 Å². The van der Waals surface area contributed by atoms with E-state index in [1.54, 1.807) is 0 Å². The highest BCUT2D eigenvalue weighted by Crippen LogP contribution is 2.13. The average molecular weight is 158 g/mol. The van der Waals surface area contributed by atoms with Gasteiger partial charge in [0.05, 0.1) is 0 Å². The Hall–Kier alpha value is 1.02. The quantitative estimate of drug-likeness (QED) is 0.545. The summed E-state index contributed by atoms with van der Waals surface area (Å²) in [4.78, 5) is 0. The SMILES string of the molecule is CC(C)C(C)[CH2][AlH][O][AlH2]. The Morgan fingerprint density at radius 1 is 1.44 bits per heavy atom. The Balaban J connectivity index is 3.16. The lowest BCUT2D eigenvalue weighted by Crippen LogP contribution is -2.08. The Morgan fingerprint density at radius 2 is 2.00 bits per heavy atom. The summed E-state index contributed by atoms with van der Waals surface area (Å²) in [5, 5.41) is 1.36. The molecule has 0 saturated carbocycles. The highest BCUT2D eigenvalue weighted by Gasteiger charge is 2.06. The maximum absolute atomic E-state index is 5.24. The average Bonchev–Trinajstić information content (AvgIpc) is 1.82. The van der Waals surface area contributed by atoms with E-state index in [2.05, 4.69) is 20.8 Å². The first-order chi connectivity index (χ1) is 4.18. The summed E-state index contributed by atoms with van der Waals surface area (Å²) >= 11 is 0.845. The van der Waals surface area contributed by atoms with Crippen molar-refractivity contribution in [2.45, 2.75) is 26.1 Å². The van der Waals surface area contributed by atoms with Crippen LogP contribution in [0.4, 0.5) is 0 Å². The van der Waals surface area contributed by atoms with Crippen molar-refractivity contribution in [3.63, 3.8) is 0 Å². The van der Waals surface area contributed by atoms with Crippen molar-refractivity contribution in [2.24, 2.45) is 11.8 Å². The molecule has 0 heterocycles. The van der Waals surface area contributed by atoms with Crippen molar-refractivity contribution in [1.82, 2.24) is 0 Å². The normalized spacial score (nSPS) is 13.8. The van der Waals surface area contributed by atoms with Gasteiger partial charge in [-0.3, -0.25) is 0 Å². The zero-order valence-electron chi connectivity index (χ0n) is 6.98. The van der Waals surface area contributed by atoms with Crippen molar-refractivity contribution in [3.05, 3.63) is 0 Å². The minimum Gasteiger partial charge on any atom is -0.644 e. The second-order valence-corrected chi connectivity index (χ2v) is 6.30. The first kappa shape index (κ1) is 10.0. The molecule has 0 aromatic carbocycles. The van der Waals surface area contributed by atoms with Crippen molar-refractivity contribution in [3.8, 4) is 0 Å². The fourth-order valence-electron chi connectivity index (χ4n) is 0.637. The molecule has 0 aromatic heterocycles. The van der Waals surface area contributed by atoms with Crippen LogP contribution in [0.2, 0.25) is 5.28 Å². The maximum atomic E-state index is 5.24. The Labute approximate surface area is 73.0 Å². The first-order valence-electron chi connectivity index (χ1n) is 3.67. The minimum absolute atomic E-state index is 0.107. The van der Waals surface area contributed by atoms with Gasteiger partial charge in [-0.25, -0.2) is 0 Å². The van der Waals surface area contributed by atoms with Crippen molar-refractivity contribution in [2.75, 3.05) is 0 Å². The van der Waals surface area contributed by atoms with Crippen LogP contribution in [0.5, 0.6) is 0 Å². The van der Waals surface area contributed by atoms with Gasteiger partial charge in [-0.15, -0.1) is 0 Å². The van der Waals surface area contributed by atoms with E-state index in [1.807, 2.05) is 0 Å². The van der Waals surface area contributed by atoms with Crippen molar-refractivity contribution < 1.29 is 2.84 Å². The molecule has 0 fully saturated rings. The zero-order valence-corrected chi connectivity index (χ0v) is 10.4. The van der Waals surface area contributed by atoms with Gasteiger partial charge >= 0.3 is 32.2 Å². The van der Waals surface area contributed by atoms with E-state index in [0.29, 0.717) is 0 Å². The predicted molar refractivity (Wildman–Crippen MR) is 45.6 cm³/mol. The van der Waals surface area contributed by atoms with Gasteiger partial charge in [0.25, 0.3) is 0 Å². The molecule has 0 rings (SSSR count). The standard InChI is InChI=1S/C6H13.2Al.O.3H/c1-5(2)6(3)4;;;;;;/h5-6H,1H2,2-4H3;;;;;;. The molecule has 0 aromatic rings. The predicted octanol–water partition coefficient (Wildman–Crippen LogP) is 0.613. The summed E-state index contributed by atoms with van der Waals surface area (Å²) in [6, 6.07) is 0. The van der Waals surface area contributed by atoms with Gasteiger partial charge < -0.3 is 2.84 Å². The second-order valence-electron chi connectivity index (χ2n) is 3.00. The van der Waals surface area contributed by atoms with Crippen LogP contribution in [-0.4, -0.2) is 32.2 Å². The highest BCUT2D eigenvalue weighted by atomic mass is 27.2. The summed E-state index contributed by atoms with van der Waals surface area (Å²) in [7, 11) is 0. The summed E-state index contributed by atoms with van der Waals surface area (Å²) in [6.45, 7) is 6.89. The third kappa shape index (κ3) is 5.47. The lowest BCUT2D eigenvalue weighted by Gasteiger charge is -2.13. The van der Waals surface area contributed by atoms with E-state index in [0.717, 1.165) is 28.5 Å². The molecule has 0 aliphatic rings. The second kappa shape index (κ2) is 5.78. The molecule has 0 bridgehead atoms. The Bertz CT molecular complexity index is 66.1. The molecule has 3 heteroatoms. The first-order valence-corrected chi connectivity index (χ1v) is 6.06. The molecule has 0 saturated heterocycles. The molecule has 0 spiro atoms. The van der Waals surface area contributed by atoms with Crippen LogP contribution < -0.4 is 0 Å². The van der Waals surface area contributed by atoms with Gasteiger partial charge in [-0.05, 0) is 5.92 Å². The van der Waals surface area contributed by atoms with Crippen LogP contribution in [0.1, 0.15) is 20.8 Å². The van der Waals surface area contributed by atoms with Gasteiger partial charge in [0.15, 0.2) is 0 Å². The molecular formula is C6H16Al2O. The van der Waals surface area contributed by atoms with Gasteiger partial charge in [-0.1, -0.05) is 32.0 Å². The molecule has 1 atom stereocenters. The molecule has 0 amide bonds. The smallest absolute Gasteiger partial charge is 0.404 e. The molecule has 0 N–H and O–H groups in total. The molecule has 1 nitrogen and oxygen atoms in total. The van der Waals surface area contributed by atoms with E-state index in [-0.39, 0.29) is 15.6 Å². The van der Waals surface area contributed by atoms with Crippen LogP contribution in [0.25, 0.3) is 0 Å². The van der Waals surface area contributed by atoms with Crippen LogP contribution in [-0.2, 0) is 2.84 Å². The minimum atomic E-state index is -0.107. The van der Waals surface area contributed by atoms with Crippen LogP contribution in [0, 0.1) is 11.8 Å². The topological polar surface area (TPSA) is 9.23 Å². The third-order valence-electron chi connectivity index (χ3n) is 1.92. The monoisotopic (exact) mass is 158 g/mol. The number of hydrogen-bond acceptors (Lipinski definition) is 1. The van der Waals surface area contributed by atoms with E-state index in [9.17, 15) is 0 Å². The molecule has 0 aliphatic heterocycles. The lowest BCUT2D eigenvalue weighted by atomic mass is 10.0. The van der Waals surface area contributed by atoms with Crippen molar-refractivity contribution in [1.29, 1.82) is 0 Å². The Kier molecular flexibility index (Phi) is 6.44. The largest absolute Gasteiger partial charge is 0.644 e. The van der Waals surface area contributed by atoms with Crippen LogP contribution in [0.3, 0.4) is 0 Å². The fraction of sp³-hybridized carbons (Fsp3) is 1.00. The number of rotatable bonds is 4. The van der Waals surface area contributed by atoms with Gasteiger partial charge in [0, 0.05) is 0 Å². The van der Waals surface area contributed by atoms with Crippen LogP contribution >= 0.6 is 0 Å². The van der Waals surface area contributed by atoms with Gasteiger partial charge in [-0.2, -0.15) is 0 Å². The zero-order chi connectivity index (χ0) is 7.28. The van der Waals surface area contributed by atoms with E-state index in [1.165, 1.54) is 5.28 Å². The van der Waals surface area contributed by atoms with Gasteiger partial charge in [0.2, 0.25) is 0 Å². The third-order valence-corrected chi connectivity index (χ3v) is 4.69. The molecule has 9 heavy (non-hydrogen) atoms. The highest BCUT2D eigenvalue weighted by molar-refractivity contribution is 6.34. The molecule has 0 radical (unpaired) electrons. The van der Waals surface area contributed by atoms with E-state index in [4.69, 9.17) is 2.84 Å². The Morgan fingerprint density at radius 3 is 2.33 bits per heavy atom. The summed E-state index contributed by atoms with van der Waals surface area (Å²) in [6.07, 6.45) is 0. The molecule has 0 aliphatic carbocycles. The van der Waals surface area contributed by atoms with Gasteiger partial charge in [0.1, 0.15) is 0 Å². The molecule has 52 valence electrons. The molecular weight excluding hydrogens is 142 g/mol. The summed E-state index contributed by atoms with van der Waals surface area (Å²) in [5.74, 6) is 1.72. The lowest BCUT2D eigenvalue weighted by molar-refractivity contribution is 0.446.